The number of alkyl halides is 3. The van der Waals surface area contributed by atoms with Gasteiger partial charge in [-0.2, -0.15) is 13.2 Å². The molecule has 0 radical (unpaired) electrons. The Morgan fingerprint density at radius 1 is 1.08 bits per heavy atom. The number of benzene rings is 1. The molecule has 1 saturated heterocycles. The lowest BCUT2D eigenvalue weighted by Crippen LogP contribution is -2.49. The summed E-state index contributed by atoms with van der Waals surface area (Å²) in [6, 6.07) is 11.9. The Balaban J connectivity index is 1.40. The van der Waals surface area contributed by atoms with Crippen LogP contribution in [0.15, 0.2) is 48.7 Å². The fourth-order valence-electron chi connectivity index (χ4n) is 4.23. The fourth-order valence-corrected chi connectivity index (χ4v) is 5.31. The summed E-state index contributed by atoms with van der Waals surface area (Å²) in [5, 5.41) is 3.35. The highest BCUT2D eigenvalue weighted by molar-refractivity contribution is 7.17. The number of halogens is 3. The highest BCUT2D eigenvalue weighted by atomic mass is 32.1. The lowest BCUT2D eigenvalue weighted by Gasteiger charge is -2.35. The van der Waals surface area contributed by atoms with Gasteiger partial charge in [0, 0.05) is 42.8 Å². The van der Waals surface area contributed by atoms with Crippen LogP contribution in [0.4, 0.5) is 24.0 Å². The molecule has 0 bridgehead atoms. The van der Waals surface area contributed by atoms with Gasteiger partial charge in [0.15, 0.2) is 0 Å². The van der Waals surface area contributed by atoms with Crippen molar-refractivity contribution in [2.45, 2.75) is 20.0 Å². The Morgan fingerprint density at radius 2 is 1.78 bits per heavy atom. The first-order valence-corrected chi connectivity index (χ1v) is 12.6. The monoisotopic (exact) mass is 532 g/mol. The number of amides is 1. The van der Waals surface area contributed by atoms with Gasteiger partial charge in [0.25, 0.3) is 0 Å². The molecule has 0 saturated carbocycles. The molecule has 1 N–H and O–H groups in total. The van der Waals surface area contributed by atoms with Crippen LogP contribution in [0.5, 0.6) is 0 Å². The second-order valence-electron chi connectivity index (χ2n) is 8.54. The van der Waals surface area contributed by atoms with E-state index in [1.807, 2.05) is 47.1 Å². The second kappa shape index (κ2) is 11.3. The molecule has 4 rings (SSSR count). The van der Waals surface area contributed by atoms with E-state index in [2.05, 4.69) is 10.3 Å². The molecule has 0 atom stereocenters. The summed E-state index contributed by atoms with van der Waals surface area (Å²) in [4.78, 5) is 34.5. The molecular formula is C26H27F3N4O3S. The number of piperazine rings is 1. The van der Waals surface area contributed by atoms with E-state index >= 15 is 0 Å². The van der Waals surface area contributed by atoms with Crippen molar-refractivity contribution in [3.05, 3.63) is 64.7 Å². The Labute approximate surface area is 216 Å². The highest BCUT2D eigenvalue weighted by Crippen LogP contribution is 2.40. The summed E-state index contributed by atoms with van der Waals surface area (Å²) in [5.74, 6) is -0.273. The van der Waals surface area contributed by atoms with Crippen molar-refractivity contribution in [1.82, 2.24) is 9.88 Å². The van der Waals surface area contributed by atoms with Gasteiger partial charge in [-0.05, 0) is 31.5 Å². The summed E-state index contributed by atoms with van der Waals surface area (Å²) in [7, 11) is 0. The molecule has 0 aliphatic carbocycles. The number of esters is 1. The van der Waals surface area contributed by atoms with E-state index in [0.29, 0.717) is 42.6 Å². The molecule has 11 heteroatoms. The second-order valence-corrected chi connectivity index (χ2v) is 9.76. The zero-order valence-corrected chi connectivity index (χ0v) is 21.3. The lowest BCUT2D eigenvalue weighted by molar-refractivity contribution is -0.137. The maximum atomic E-state index is 12.9. The first-order chi connectivity index (χ1) is 17.7. The SMILES string of the molecule is CCOC(=O)c1c(NC(=O)CN2CCN(c3ccc(C(F)(F)F)cn3)CC2)sc(C)c1-c1ccccc1. The third-order valence-corrected chi connectivity index (χ3v) is 7.04. The molecule has 1 fully saturated rings. The normalized spacial score (nSPS) is 14.5. The van der Waals surface area contributed by atoms with Crippen molar-refractivity contribution >= 4 is 34.0 Å². The third-order valence-electron chi connectivity index (χ3n) is 6.02. The first kappa shape index (κ1) is 26.6. The summed E-state index contributed by atoms with van der Waals surface area (Å²) < 4.78 is 43.6. The third kappa shape index (κ3) is 6.28. The van der Waals surface area contributed by atoms with E-state index in [-0.39, 0.29) is 19.1 Å². The Hall–Kier alpha value is -3.44. The van der Waals surface area contributed by atoms with Crippen LogP contribution in [-0.2, 0) is 15.7 Å². The minimum atomic E-state index is -4.42. The van der Waals surface area contributed by atoms with Crippen LogP contribution in [0, 0.1) is 6.92 Å². The van der Waals surface area contributed by atoms with Crippen molar-refractivity contribution in [1.29, 1.82) is 0 Å². The number of hydrogen-bond acceptors (Lipinski definition) is 7. The number of pyridine rings is 1. The predicted octanol–water partition coefficient (Wildman–Crippen LogP) is 5.07. The number of nitrogens with one attached hydrogen (secondary N) is 1. The number of hydrogen-bond donors (Lipinski definition) is 1. The lowest BCUT2D eigenvalue weighted by atomic mass is 10.0. The van der Waals surface area contributed by atoms with Crippen LogP contribution >= 0.6 is 11.3 Å². The molecule has 37 heavy (non-hydrogen) atoms. The molecule has 196 valence electrons. The number of aryl methyl sites for hydroxylation is 1. The van der Waals surface area contributed by atoms with E-state index < -0.39 is 17.7 Å². The molecular weight excluding hydrogens is 505 g/mol. The Bertz CT molecular complexity index is 1240. The number of nitrogens with zero attached hydrogens (tertiary/aromatic N) is 3. The zero-order chi connectivity index (χ0) is 26.6. The average Bonchev–Trinajstić information content (AvgIpc) is 3.20. The van der Waals surface area contributed by atoms with Crippen LogP contribution in [0.25, 0.3) is 11.1 Å². The Morgan fingerprint density at radius 3 is 2.38 bits per heavy atom. The number of carbonyl (C=O) groups excluding carboxylic acids is 2. The van der Waals surface area contributed by atoms with Crippen LogP contribution in [0.1, 0.15) is 27.7 Å². The number of anilines is 2. The van der Waals surface area contributed by atoms with Gasteiger partial charge in [-0.25, -0.2) is 9.78 Å². The van der Waals surface area contributed by atoms with Crippen molar-refractivity contribution in [2.75, 3.05) is 49.5 Å². The van der Waals surface area contributed by atoms with Gasteiger partial charge >= 0.3 is 12.1 Å². The topological polar surface area (TPSA) is 74.8 Å². The zero-order valence-electron chi connectivity index (χ0n) is 20.5. The molecule has 3 aromatic rings. The van der Waals surface area contributed by atoms with Crippen molar-refractivity contribution in [3.63, 3.8) is 0 Å². The summed E-state index contributed by atoms with van der Waals surface area (Å²) in [6.45, 7) is 6.10. The molecule has 3 heterocycles. The molecule has 2 aromatic heterocycles. The summed E-state index contributed by atoms with van der Waals surface area (Å²) in [6.07, 6.45) is -3.59. The average molecular weight is 533 g/mol. The van der Waals surface area contributed by atoms with Gasteiger partial charge < -0.3 is 15.0 Å². The van der Waals surface area contributed by atoms with Crippen LogP contribution in [0.2, 0.25) is 0 Å². The van der Waals surface area contributed by atoms with Gasteiger partial charge in [0.2, 0.25) is 5.91 Å². The van der Waals surface area contributed by atoms with E-state index in [0.717, 1.165) is 28.3 Å². The number of rotatable bonds is 7. The number of aromatic nitrogens is 1. The van der Waals surface area contributed by atoms with Crippen molar-refractivity contribution in [2.24, 2.45) is 0 Å². The number of thiophene rings is 1. The van der Waals surface area contributed by atoms with E-state index in [1.165, 1.54) is 17.4 Å². The largest absolute Gasteiger partial charge is 0.462 e. The predicted molar refractivity (Wildman–Crippen MR) is 137 cm³/mol. The molecule has 1 amide bonds. The molecule has 7 nitrogen and oxygen atoms in total. The van der Waals surface area contributed by atoms with Gasteiger partial charge in [-0.15, -0.1) is 11.3 Å². The summed E-state index contributed by atoms with van der Waals surface area (Å²) >= 11 is 1.33. The van der Waals surface area contributed by atoms with Gasteiger partial charge in [0.1, 0.15) is 16.4 Å². The maximum absolute atomic E-state index is 12.9. The minimum absolute atomic E-state index is 0.119. The molecule has 1 aliphatic heterocycles. The fraction of sp³-hybridized carbons (Fsp3) is 0.346. The van der Waals surface area contributed by atoms with Gasteiger partial charge in [-0.1, -0.05) is 30.3 Å². The van der Waals surface area contributed by atoms with Crippen LogP contribution in [-0.4, -0.2) is 61.1 Å². The molecule has 1 aliphatic rings. The van der Waals surface area contributed by atoms with Crippen LogP contribution < -0.4 is 10.2 Å². The smallest absolute Gasteiger partial charge is 0.417 e. The van der Waals surface area contributed by atoms with Gasteiger partial charge in [-0.3, -0.25) is 9.69 Å². The Kier molecular flexibility index (Phi) is 8.13. The number of carbonyl (C=O) groups is 2. The summed E-state index contributed by atoms with van der Waals surface area (Å²) in [5.41, 5.74) is 1.18. The van der Waals surface area contributed by atoms with Crippen molar-refractivity contribution in [3.8, 4) is 11.1 Å². The highest BCUT2D eigenvalue weighted by Gasteiger charge is 2.31. The molecule has 0 spiro atoms. The quantitative estimate of drug-likeness (QED) is 0.428. The maximum Gasteiger partial charge on any atom is 0.417 e. The number of ether oxygens (including phenoxy) is 1. The van der Waals surface area contributed by atoms with Gasteiger partial charge in [0.05, 0.1) is 18.7 Å². The standard InChI is InChI=1S/C26H27F3N4O3S/c1-3-36-25(35)23-22(18-7-5-4-6-8-18)17(2)37-24(23)31-21(34)16-32-11-13-33(14-12-32)20-10-9-19(15-30-20)26(27,28)29/h4-10,15H,3,11-14,16H2,1-2H3,(H,31,34). The van der Waals surface area contributed by atoms with E-state index in [1.54, 1.807) is 6.92 Å². The first-order valence-electron chi connectivity index (χ1n) is 11.8. The molecule has 1 aromatic carbocycles. The van der Waals surface area contributed by atoms with E-state index in [9.17, 15) is 22.8 Å². The van der Waals surface area contributed by atoms with Crippen molar-refractivity contribution < 1.29 is 27.5 Å². The van der Waals surface area contributed by atoms with E-state index in [4.69, 9.17) is 4.74 Å². The molecule has 0 unspecified atom stereocenters. The van der Waals surface area contributed by atoms with Crippen LogP contribution in [0.3, 0.4) is 0 Å². The minimum Gasteiger partial charge on any atom is -0.462 e.